The standard InChI is InChI=1S/C26H22F3NO7S2/c1-5-7-8-9-14-38(32,33)30-21-12-10-18(17(3)4)15-20(21)24-22(37-39(34,35)26(27,28)29)13-11-19(25(24)30)16-23(31)36-6-2/h1,10,12-13,15,17,19H,6,11,16H2,2-4H3. The number of benzene rings is 1. The van der Waals surface area contributed by atoms with Crippen LogP contribution in [0.2, 0.25) is 0 Å². The van der Waals surface area contributed by atoms with Crippen molar-refractivity contribution in [3.63, 3.8) is 0 Å². The first kappa shape index (κ1) is 29.7. The zero-order valence-electron chi connectivity index (χ0n) is 20.9. The molecule has 0 amide bonds. The highest BCUT2D eigenvalue weighted by Gasteiger charge is 2.50. The smallest absolute Gasteiger partial charge is 0.466 e. The van der Waals surface area contributed by atoms with Crippen molar-refractivity contribution in [2.24, 2.45) is 0 Å². The van der Waals surface area contributed by atoms with Gasteiger partial charge in [-0.2, -0.15) is 30.0 Å². The largest absolute Gasteiger partial charge is 0.534 e. The Bertz CT molecular complexity index is 1740. The third-order valence-electron chi connectivity index (χ3n) is 5.69. The molecule has 0 N–H and O–H groups in total. The van der Waals surface area contributed by atoms with E-state index in [1.807, 2.05) is 25.0 Å². The lowest BCUT2D eigenvalue weighted by atomic mass is 9.88. The number of halogens is 3. The van der Waals surface area contributed by atoms with Crippen molar-refractivity contribution in [1.82, 2.24) is 3.97 Å². The minimum absolute atomic E-state index is 0.0155. The van der Waals surface area contributed by atoms with Crippen LogP contribution in [0.5, 0.6) is 0 Å². The van der Waals surface area contributed by atoms with Gasteiger partial charge in [-0.3, -0.25) is 4.79 Å². The number of rotatable bonds is 7. The number of esters is 1. The quantitative estimate of drug-likeness (QED) is 0.209. The summed E-state index contributed by atoms with van der Waals surface area (Å²) in [6.07, 6.45) is 5.51. The second-order valence-electron chi connectivity index (χ2n) is 8.58. The Hall–Kier alpha value is -3.86. The summed E-state index contributed by atoms with van der Waals surface area (Å²) in [5, 5.41) is 2.09. The molecule has 1 atom stereocenters. The predicted molar refractivity (Wildman–Crippen MR) is 137 cm³/mol. The van der Waals surface area contributed by atoms with Gasteiger partial charge < -0.3 is 8.92 Å². The molecule has 206 valence electrons. The van der Waals surface area contributed by atoms with E-state index in [2.05, 4.69) is 21.9 Å². The fourth-order valence-corrected chi connectivity index (χ4v) is 5.73. The van der Waals surface area contributed by atoms with Crippen LogP contribution in [-0.4, -0.2) is 38.9 Å². The summed E-state index contributed by atoms with van der Waals surface area (Å²) in [5.74, 6) is 5.96. The van der Waals surface area contributed by atoms with Crippen molar-refractivity contribution < 1.29 is 43.7 Å². The molecule has 8 nitrogen and oxygen atoms in total. The summed E-state index contributed by atoms with van der Waals surface area (Å²) >= 11 is 0. The number of carbonyl (C=O) groups is 1. The molecule has 0 spiro atoms. The van der Waals surface area contributed by atoms with E-state index in [1.165, 1.54) is 12.1 Å². The van der Waals surface area contributed by atoms with E-state index >= 15 is 0 Å². The first-order valence-corrected chi connectivity index (χ1v) is 14.3. The topological polar surface area (TPSA) is 109 Å². The molecule has 1 aromatic carbocycles. The van der Waals surface area contributed by atoms with Crippen molar-refractivity contribution in [1.29, 1.82) is 0 Å². The number of alkyl halides is 3. The number of terminal acetylenes is 1. The summed E-state index contributed by atoms with van der Waals surface area (Å²) in [6, 6.07) is 4.57. The molecule has 0 radical (unpaired) electrons. The van der Waals surface area contributed by atoms with Crippen LogP contribution >= 0.6 is 0 Å². The number of carbonyl (C=O) groups excluding carboxylic acids is 1. The molecular formula is C26H22F3NO7S2. The van der Waals surface area contributed by atoms with Gasteiger partial charge in [-0.05, 0) is 54.9 Å². The van der Waals surface area contributed by atoms with Gasteiger partial charge in [0.1, 0.15) is 5.76 Å². The van der Waals surface area contributed by atoms with Crippen LogP contribution < -0.4 is 0 Å². The molecule has 1 aliphatic rings. The van der Waals surface area contributed by atoms with Crippen LogP contribution in [0.4, 0.5) is 13.2 Å². The second kappa shape index (κ2) is 11.1. The lowest BCUT2D eigenvalue weighted by Gasteiger charge is -2.24. The van der Waals surface area contributed by atoms with Crippen molar-refractivity contribution >= 4 is 42.8 Å². The molecule has 1 heterocycles. The van der Waals surface area contributed by atoms with Crippen molar-refractivity contribution in [2.45, 2.75) is 51.0 Å². The second-order valence-corrected chi connectivity index (χ2v) is 11.6. The van der Waals surface area contributed by atoms with Gasteiger partial charge in [-0.25, -0.2) is 3.97 Å². The molecule has 1 aliphatic carbocycles. The van der Waals surface area contributed by atoms with Crippen LogP contribution in [0.1, 0.15) is 62.3 Å². The molecule has 0 aliphatic heterocycles. The highest BCUT2D eigenvalue weighted by atomic mass is 32.2. The lowest BCUT2D eigenvalue weighted by Crippen LogP contribution is -2.26. The highest BCUT2D eigenvalue weighted by Crippen LogP contribution is 2.46. The molecule has 0 fully saturated rings. The molecule has 39 heavy (non-hydrogen) atoms. The Kier molecular flexibility index (Phi) is 8.44. The predicted octanol–water partition coefficient (Wildman–Crippen LogP) is 4.19. The lowest BCUT2D eigenvalue weighted by molar-refractivity contribution is -0.143. The summed E-state index contributed by atoms with van der Waals surface area (Å²) in [5.41, 5.74) is -5.48. The van der Waals surface area contributed by atoms with Crippen molar-refractivity contribution in [3.8, 4) is 35.4 Å². The summed E-state index contributed by atoms with van der Waals surface area (Å²) in [7, 11) is -10.7. The van der Waals surface area contributed by atoms with Gasteiger partial charge in [0.25, 0.3) is 0 Å². The molecule has 1 unspecified atom stereocenters. The number of allylic oxidation sites excluding steroid dienone is 1. The maximum atomic E-state index is 13.5. The molecule has 2 aromatic rings. The molecule has 1 aromatic heterocycles. The monoisotopic (exact) mass is 581 g/mol. The number of hydrogen-bond donors (Lipinski definition) is 0. The number of aromatic nitrogens is 1. The normalized spacial score (nSPS) is 15.2. The van der Waals surface area contributed by atoms with Gasteiger partial charge in [0.2, 0.25) is 0 Å². The van der Waals surface area contributed by atoms with Crippen LogP contribution in [0.25, 0.3) is 16.7 Å². The van der Waals surface area contributed by atoms with E-state index in [0.717, 1.165) is 10.0 Å². The van der Waals surface area contributed by atoms with E-state index in [1.54, 1.807) is 13.0 Å². The summed E-state index contributed by atoms with van der Waals surface area (Å²) < 4.78 is 101. The van der Waals surface area contributed by atoms with Gasteiger partial charge in [0.15, 0.2) is 0 Å². The van der Waals surface area contributed by atoms with Crippen LogP contribution in [0.3, 0.4) is 0 Å². The van der Waals surface area contributed by atoms with Crippen molar-refractivity contribution in [3.05, 3.63) is 41.1 Å². The van der Waals surface area contributed by atoms with Crippen LogP contribution in [-0.2, 0) is 33.9 Å². The van der Waals surface area contributed by atoms with E-state index in [-0.39, 0.29) is 47.5 Å². The number of fused-ring (bicyclic) bond motifs is 3. The molecular weight excluding hydrogens is 559 g/mol. The fourth-order valence-electron chi connectivity index (χ4n) is 4.06. The first-order valence-electron chi connectivity index (χ1n) is 11.4. The van der Waals surface area contributed by atoms with E-state index in [0.29, 0.717) is 5.56 Å². The number of ether oxygens (including phenoxy) is 1. The third kappa shape index (κ3) is 6.08. The van der Waals surface area contributed by atoms with Gasteiger partial charge in [-0.1, -0.05) is 19.9 Å². The van der Waals surface area contributed by atoms with Crippen LogP contribution in [0, 0.1) is 35.4 Å². The maximum absolute atomic E-state index is 13.5. The van der Waals surface area contributed by atoms with Crippen molar-refractivity contribution in [2.75, 3.05) is 6.61 Å². The molecule has 0 saturated heterocycles. The summed E-state index contributed by atoms with van der Waals surface area (Å²) in [4.78, 5) is 12.4. The van der Waals surface area contributed by atoms with Gasteiger partial charge in [0, 0.05) is 28.7 Å². The minimum Gasteiger partial charge on any atom is -0.466 e. The molecule has 0 bridgehead atoms. The molecule has 13 heteroatoms. The Morgan fingerprint density at radius 3 is 2.46 bits per heavy atom. The van der Waals surface area contributed by atoms with E-state index in [4.69, 9.17) is 11.2 Å². The molecule has 0 saturated carbocycles. The van der Waals surface area contributed by atoms with E-state index in [9.17, 15) is 34.8 Å². The maximum Gasteiger partial charge on any atom is 0.534 e. The molecule has 3 rings (SSSR count). The minimum atomic E-state index is -6.11. The first-order chi connectivity index (χ1) is 18.1. The third-order valence-corrected chi connectivity index (χ3v) is 7.89. The number of hydrogen-bond acceptors (Lipinski definition) is 7. The summed E-state index contributed by atoms with van der Waals surface area (Å²) in [6.45, 7) is 5.27. The zero-order chi connectivity index (χ0) is 29.2. The average molecular weight is 582 g/mol. The highest BCUT2D eigenvalue weighted by molar-refractivity contribution is 7.94. The average Bonchev–Trinajstić information content (AvgIpc) is 3.19. The van der Waals surface area contributed by atoms with E-state index < -0.39 is 43.3 Å². The Balaban J connectivity index is 2.44. The van der Waals surface area contributed by atoms with Gasteiger partial charge >= 0.3 is 31.6 Å². The Morgan fingerprint density at radius 1 is 1.18 bits per heavy atom. The van der Waals surface area contributed by atoms with Gasteiger partial charge in [-0.15, -0.1) is 6.42 Å². The fraction of sp³-hybridized carbons (Fsp3) is 0.346. The number of nitrogens with zero attached hydrogens (tertiary/aromatic N) is 1. The Morgan fingerprint density at radius 2 is 1.87 bits per heavy atom. The van der Waals surface area contributed by atoms with Gasteiger partial charge in [0.05, 0.1) is 29.5 Å². The Labute approximate surface area is 224 Å². The zero-order valence-corrected chi connectivity index (χ0v) is 22.6. The van der Waals surface area contributed by atoms with Crippen LogP contribution in [0.15, 0.2) is 24.3 Å². The SMILES string of the molecule is C#CC#CC#CS(=O)(=O)n1c2c(c3cc(C(C)C)ccc31)C(OS(=O)(=O)C(F)(F)F)=CCC2CC(=O)OCC.